The van der Waals surface area contributed by atoms with E-state index in [1.807, 2.05) is 6.07 Å². The van der Waals surface area contributed by atoms with Crippen molar-refractivity contribution >= 4 is 23.3 Å². The van der Waals surface area contributed by atoms with Crippen molar-refractivity contribution in [1.82, 2.24) is 9.91 Å². The Morgan fingerprint density at radius 3 is 3.00 bits per heavy atom. The molecule has 0 N–H and O–H groups in total. The molecule has 60 valence electrons. The average molecular weight is 217 g/mol. The van der Waals surface area contributed by atoms with Crippen LogP contribution < -0.4 is 0 Å². The van der Waals surface area contributed by atoms with Crippen LogP contribution in [0.5, 0.6) is 0 Å². The van der Waals surface area contributed by atoms with Gasteiger partial charge in [0, 0.05) is 6.20 Å². The van der Waals surface area contributed by atoms with Gasteiger partial charge in [0.1, 0.15) is 19.6 Å². The summed E-state index contributed by atoms with van der Waals surface area (Å²) in [6.07, 6.45) is 3.25. The minimum absolute atomic E-state index is 0. The van der Waals surface area contributed by atoms with Crippen molar-refractivity contribution < 1.29 is 0 Å². The first-order chi connectivity index (χ1) is 4.86. The lowest BCUT2D eigenvalue weighted by molar-refractivity contribution is 0.324. The molecule has 4 nitrogen and oxygen atoms in total. The molecule has 0 fully saturated rings. The van der Waals surface area contributed by atoms with Crippen LogP contribution in [0.3, 0.4) is 0 Å². The number of hydrogen-bond acceptors (Lipinski definition) is 4. The average Bonchev–Trinajstić information content (AvgIpc) is 2.37. The van der Waals surface area contributed by atoms with E-state index in [0.717, 1.165) is 0 Å². The number of hydrogen-bond donors (Lipinski definition) is 0. The zero-order valence-electron chi connectivity index (χ0n) is 5.97. The lowest BCUT2D eigenvalue weighted by Gasteiger charge is -2.11. The van der Waals surface area contributed by atoms with Crippen LogP contribution in [0.2, 0.25) is 0 Å². The van der Waals surface area contributed by atoms with Crippen LogP contribution in [0.4, 0.5) is 0 Å². The highest BCUT2D eigenvalue weighted by atomic mass is 79.9. The summed E-state index contributed by atoms with van der Waals surface area (Å²) in [6.45, 7) is 4.56. The van der Waals surface area contributed by atoms with Crippen molar-refractivity contribution in [3.8, 4) is 6.07 Å². The normalized spacial score (nSPS) is 14.1. The zero-order chi connectivity index (χ0) is 7.40. The summed E-state index contributed by atoms with van der Waals surface area (Å²) < 4.78 is 0. The van der Waals surface area contributed by atoms with Crippen molar-refractivity contribution in [2.75, 3.05) is 13.2 Å². The van der Waals surface area contributed by atoms with Gasteiger partial charge in [-0.25, -0.2) is 0 Å². The fourth-order valence-corrected chi connectivity index (χ4v) is 0.685. The fourth-order valence-electron chi connectivity index (χ4n) is 0.685. The predicted octanol–water partition coefficient (Wildman–Crippen LogP) is 0.750. The summed E-state index contributed by atoms with van der Waals surface area (Å²) in [6, 6.07) is 2.03. The molecule has 11 heavy (non-hydrogen) atoms. The monoisotopic (exact) mass is 216 g/mol. The first-order valence-corrected chi connectivity index (χ1v) is 2.91. The Hall–Kier alpha value is -1.02. The second-order valence-electron chi connectivity index (χ2n) is 1.90. The molecule has 0 amide bonds. The lowest BCUT2D eigenvalue weighted by Crippen LogP contribution is -2.23. The van der Waals surface area contributed by atoms with E-state index in [1.165, 1.54) is 0 Å². The predicted molar refractivity (Wildman–Crippen MR) is 48.0 cm³/mol. The molecule has 1 rings (SSSR count). The molecule has 1 aliphatic rings. The third-order valence-electron chi connectivity index (χ3n) is 1.17. The minimum Gasteiger partial charge on any atom is -0.328 e. The second-order valence-corrected chi connectivity index (χ2v) is 1.90. The number of nitrogens with zero attached hydrogens (tertiary/aromatic N) is 4. The Bertz CT molecular complexity index is 195. The van der Waals surface area contributed by atoms with E-state index < -0.39 is 0 Å². The third-order valence-corrected chi connectivity index (χ3v) is 1.17. The summed E-state index contributed by atoms with van der Waals surface area (Å²) in [5.74, 6) is 0. The Morgan fingerprint density at radius 1 is 1.82 bits per heavy atom. The molecule has 0 bridgehead atoms. The minimum atomic E-state index is 0. The van der Waals surface area contributed by atoms with E-state index in [4.69, 9.17) is 5.26 Å². The van der Waals surface area contributed by atoms with Crippen molar-refractivity contribution in [3.63, 3.8) is 0 Å². The van der Waals surface area contributed by atoms with Crippen LogP contribution in [0.1, 0.15) is 0 Å². The van der Waals surface area contributed by atoms with Crippen LogP contribution >= 0.6 is 17.0 Å². The smallest absolute Gasteiger partial charge is 0.114 e. The number of rotatable bonds is 2. The topological polar surface area (TPSA) is 42.6 Å². The highest BCUT2D eigenvalue weighted by molar-refractivity contribution is 8.93. The zero-order valence-corrected chi connectivity index (χ0v) is 7.69. The Morgan fingerprint density at radius 2 is 2.55 bits per heavy atom. The molecule has 5 heteroatoms. The largest absolute Gasteiger partial charge is 0.328 e. The van der Waals surface area contributed by atoms with Crippen molar-refractivity contribution in [2.45, 2.75) is 0 Å². The van der Waals surface area contributed by atoms with Crippen molar-refractivity contribution in [1.29, 1.82) is 5.26 Å². The van der Waals surface area contributed by atoms with E-state index in [0.29, 0.717) is 13.2 Å². The lowest BCUT2D eigenvalue weighted by atomic mass is 10.6. The van der Waals surface area contributed by atoms with Crippen LogP contribution in [0.15, 0.2) is 17.9 Å². The molecule has 0 aromatic rings. The maximum absolute atomic E-state index is 8.29. The fraction of sp³-hybridized carbons (Fsp3) is 0.333. The van der Waals surface area contributed by atoms with Gasteiger partial charge in [0.25, 0.3) is 0 Å². The number of hydrazone groups is 1. The standard InChI is InChI=1S/C6H8N4.BrH/c1-2-10-6-9(4-3-7)5-8-10;/h2,5H,1,4,6H2;1H. The van der Waals surface area contributed by atoms with Gasteiger partial charge in [-0.05, 0) is 0 Å². The molecule has 0 aliphatic carbocycles. The van der Waals surface area contributed by atoms with Gasteiger partial charge in [0.15, 0.2) is 0 Å². The maximum Gasteiger partial charge on any atom is 0.114 e. The third kappa shape index (κ3) is 2.60. The maximum atomic E-state index is 8.29. The molecule has 0 aromatic heterocycles. The molecular weight excluding hydrogens is 208 g/mol. The van der Waals surface area contributed by atoms with Gasteiger partial charge < -0.3 is 4.90 Å². The van der Waals surface area contributed by atoms with E-state index >= 15 is 0 Å². The van der Waals surface area contributed by atoms with Gasteiger partial charge in [0.2, 0.25) is 0 Å². The quantitative estimate of drug-likeness (QED) is 0.641. The number of halogens is 1. The molecule has 1 heterocycles. The molecule has 1 aliphatic heterocycles. The molecule has 0 unspecified atom stereocenters. The Labute approximate surface area is 76.2 Å². The summed E-state index contributed by atoms with van der Waals surface area (Å²) in [5, 5.41) is 13.9. The van der Waals surface area contributed by atoms with Crippen LogP contribution in [-0.2, 0) is 0 Å². The Kier molecular flexibility index (Phi) is 4.30. The molecule has 0 saturated heterocycles. The molecule has 0 saturated carbocycles. The van der Waals surface area contributed by atoms with Crippen molar-refractivity contribution in [3.05, 3.63) is 12.8 Å². The van der Waals surface area contributed by atoms with Gasteiger partial charge in [-0.15, -0.1) is 17.0 Å². The highest BCUT2D eigenvalue weighted by Crippen LogP contribution is 1.99. The van der Waals surface area contributed by atoms with Gasteiger partial charge in [0.05, 0.1) is 6.07 Å². The van der Waals surface area contributed by atoms with Crippen LogP contribution in [-0.4, -0.2) is 29.5 Å². The molecular formula is C6H9BrN4. The molecule has 0 aromatic carbocycles. The second kappa shape index (κ2) is 4.74. The van der Waals surface area contributed by atoms with Crippen LogP contribution in [0, 0.1) is 11.3 Å². The van der Waals surface area contributed by atoms with E-state index in [-0.39, 0.29) is 17.0 Å². The van der Waals surface area contributed by atoms with Gasteiger partial charge >= 0.3 is 0 Å². The van der Waals surface area contributed by atoms with Crippen molar-refractivity contribution in [2.24, 2.45) is 5.10 Å². The SMILES string of the molecule is Br.C=CN1CN(CC#N)C=N1. The first-order valence-electron chi connectivity index (χ1n) is 2.91. The molecule has 0 spiro atoms. The van der Waals surface area contributed by atoms with E-state index in [1.54, 1.807) is 22.4 Å². The van der Waals surface area contributed by atoms with E-state index in [2.05, 4.69) is 11.7 Å². The highest BCUT2D eigenvalue weighted by Gasteiger charge is 2.08. The van der Waals surface area contributed by atoms with Gasteiger partial charge in [-0.1, -0.05) is 6.58 Å². The summed E-state index contributed by atoms with van der Waals surface area (Å²) in [7, 11) is 0. The summed E-state index contributed by atoms with van der Waals surface area (Å²) >= 11 is 0. The molecule has 0 atom stereocenters. The number of nitriles is 1. The Balaban J connectivity index is 0.000001000. The van der Waals surface area contributed by atoms with E-state index in [9.17, 15) is 0 Å². The summed E-state index contributed by atoms with van der Waals surface area (Å²) in [5.41, 5.74) is 0. The van der Waals surface area contributed by atoms with Gasteiger partial charge in [-0.2, -0.15) is 10.4 Å². The molecule has 0 radical (unpaired) electrons. The first kappa shape index (κ1) is 9.98. The summed E-state index contributed by atoms with van der Waals surface area (Å²) in [4.78, 5) is 1.79. The van der Waals surface area contributed by atoms with Crippen LogP contribution in [0.25, 0.3) is 0 Å². The van der Waals surface area contributed by atoms with Gasteiger partial charge in [-0.3, -0.25) is 5.01 Å².